The van der Waals surface area contributed by atoms with Crippen molar-refractivity contribution in [2.75, 3.05) is 26.0 Å². The van der Waals surface area contributed by atoms with Crippen molar-refractivity contribution >= 4 is 51.5 Å². The molecule has 2 aromatic heterocycles. The number of likely N-dealkylation sites (N-methyl/N-ethyl adjacent to an activating group) is 1. The van der Waals surface area contributed by atoms with E-state index in [0.717, 1.165) is 0 Å². The minimum absolute atomic E-state index is 0.0387. The number of methoxy groups -OCH3 is 1. The highest BCUT2D eigenvalue weighted by molar-refractivity contribution is 6.42. The van der Waals surface area contributed by atoms with Crippen molar-refractivity contribution < 1.29 is 18.3 Å². The Labute approximate surface area is 170 Å². The van der Waals surface area contributed by atoms with Crippen molar-refractivity contribution in [2.45, 2.75) is 0 Å². The normalized spacial score (nSPS) is 14.2. The molecule has 2 bridgehead atoms. The Kier molecular flexibility index (Phi) is 4.69. The maximum atomic E-state index is 14.2. The smallest absolute Gasteiger partial charge is 0.260 e. The van der Waals surface area contributed by atoms with Gasteiger partial charge in [0, 0.05) is 37.0 Å². The Balaban J connectivity index is 1.75. The van der Waals surface area contributed by atoms with Crippen LogP contribution in [0.3, 0.4) is 0 Å². The third-order valence-corrected chi connectivity index (χ3v) is 5.29. The number of nitrogens with zero attached hydrogens (tertiary/aromatic N) is 1. The molecule has 8 heteroatoms. The molecule has 1 N–H and O–H groups in total. The van der Waals surface area contributed by atoms with Gasteiger partial charge in [0.25, 0.3) is 5.91 Å². The number of carbonyl (C=O) groups is 1. The van der Waals surface area contributed by atoms with Gasteiger partial charge in [-0.15, -0.1) is 0 Å². The lowest BCUT2D eigenvalue weighted by Crippen LogP contribution is -2.22. The van der Waals surface area contributed by atoms with Gasteiger partial charge in [-0.3, -0.25) is 4.79 Å². The van der Waals surface area contributed by atoms with Crippen molar-refractivity contribution in [2.24, 2.45) is 0 Å². The zero-order chi connectivity index (χ0) is 20.0. The van der Waals surface area contributed by atoms with Crippen LogP contribution in [0.5, 0.6) is 0 Å². The molecule has 28 heavy (non-hydrogen) atoms. The second-order valence-corrected chi connectivity index (χ2v) is 7.16. The molecular weight excluding hydrogens is 406 g/mol. The molecule has 0 saturated carbocycles. The van der Waals surface area contributed by atoms with Crippen molar-refractivity contribution in [3.8, 4) is 0 Å². The summed E-state index contributed by atoms with van der Waals surface area (Å²) >= 11 is 11.9. The molecule has 0 atom stereocenters. The fourth-order valence-corrected chi connectivity index (χ4v) is 3.48. The number of rotatable bonds is 4. The standard InChI is InChI=1S/C20H15Cl2FN2O3/c1-25-6-5-10(7-16(25)27-2)17-18(15-9-14(23)19(17)28-15)20(26)24-11-3-4-12(21)13(22)8-11/h3-5,7-9H,6H2,1-2H3,(H,24,26). The zero-order valence-electron chi connectivity index (χ0n) is 15.0. The molecule has 1 aliphatic heterocycles. The van der Waals surface area contributed by atoms with Gasteiger partial charge in [0.05, 0.1) is 22.7 Å². The number of nitrogens with one attached hydrogen (secondary N) is 1. The maximum absolute atomic E-state index is 14.2. The van der Waals surface area contributed by atoms with Crippen molar-refractivity contribution in [1.29, 1.82) is 0 Å². The molecule has 0 radical (unpaired) electrons. The number of anilines is 1. The largest absolute Gasteiger partial charge is 0.482 e. The summed E-state index contributed by atoms with van der Waals surface area (Å²) < 4.78 is 25.1. The number of halogens is 3. The molecule has 0 fully saturated rings. The molecule has 0 saturated heterocycles. The molecule has 0 spiro atoms. The van der Waals surface area contributed by atoms with Crippen LogP contribution in [0.4, 0.5) is 10.1 Å². The van der Waals surface area contributed by atoms with E-state index in [1.807, 2.05) is 18.0 Å². The number of carbonyl (C=O) groups excluding carboxylic acids is 1. The fourth-order valence-electron chi connectivity index (χ4n) is 3.18. The summed E-state index contributed by atoms with van der Waals surface area (Å²) in [6.07, 6.45) is 3.63. The number of fused-ring (bicyclic) bond motifs is 2. The Bertz CT molecular complexity index is 1140. The second-order valence-electron chi connectivity index (χ2n) is 6.35. The minimum Gasteiger partial charge on any atom is -0.482 e. The van der Waals surface area contributed by atoms with E-state index in [0.29, 0.717) is 39.3 Å². The Morgan fingerprint density at radius 1 is 1.29 bits per heavy atom. The third-order valence-electron chi connectivity index (χ3n) is 4.55. The number of benzene rings is 2. The van der Waals surface area contributed by atoms with E-state index in [1.54, 1.807) is 31.4 Å². The van der Waals surface area contributed by atoms with Gasteiger partial charge in [0.15, 0.2) is 17.3 Å². The van der Waals surface area contributed by atoms with E-state index < -0.39 is 11.7 Å². The maximum Gasteiger partial charge on any atom is 0.260 e. The number of hydrogen-bond donors (Lipinski definition) is 1. The second kappa shape index (κ2) is 7.04. The first kappa shape index (κ1) is 18.7. The van der Waals surface area contributed by atoms with E-state index in [-0.39, 0.29) is 16.7 Å². The van der Waals surface area contributed by atoms with Gasteiger partial charge < -0.3 is 19.4 Å². The van der Waals surface area contributed by atoms with Gasteiger partial charge in [-0.25, -0.2) is 4.39 Å². The molecular formula is C20H15Cl2FN2O3. The van der Waals surface area contributed by atoms with Crippen LogP contribution in [0, 0.1) is 5.82 Å². The predicted molar refractivity (Wildman–Crippen MR) is 107 cm³/mol. The monoisotopic (exact) mass is 420 g/mol. The molecule has 0 unspecified atom stereocenters. The zero-order valence-corrected chi connectivity index (χ0v) is 16.5. The van der Waals surface area contributed by atoms with Crippen LogP contribution in [-0.4, -0.2) is 31.5 Å². The van der Waals surface area contributed by atoms with Gasteiger partial charge in [0.2, 0.25) is 0 Å². The Hall–Kier alpha value is -2.70. The van der Waals surface area contributed by atoms with Gasteiger partial charge in [-0.1, -0.05) is 29.3 Å². The summed E-state index contributed by atoms with van der Waals surface area (Å²) in [5, 5.41) is 3.46. The Morgan fingerprint density at radius 3 is 2.79 bits per heavy atom. The lowest BCUT2D eigenvalue weighted by molar-refractivity contribution is 0.102. The van der Waals surface area contributed by atoms with E-state index in [1.165, 1.54) is 6.07 Å². The topological polar surface area (TPSA) is 54.7 Å². The summed E-state index contributed by atoms with van der Waals surface area (Å²) in [7, 11) is 3.42. The lowest BCUT2D eigenvalue weighted by atomic mass is 9.97. The van der Waals surface area contributed by atoms with Gasteiger partial charge in [-0.2, -0.15) is 0 Å². The van der Waals surface area contributed by atoms with Crippen LogP contribution in [0.15, 0.2) is 46.7 Å². The number of ether oxygens (including phenoxy) is 1. The van der Waals surface area contributed by atoms with Crippen LogP contribution < -0.4 is 5.32 Å². The van der Waals surface area contributed by atoms with Crippen molar-refractivity contribution in [3.05, 3.63) is 69.3 Å². The molecule has 144 valence electrons. The van der Waals surface area contributed by atoms with Gasteiger partial charge in [0.1, 0.15) is 5.58 Å². The SMILES string of the molecule is COC1=CC(c2c(C(=O)Nc3ccc(Cl)c(Cl)c3)c3cc(F)c2o3)=CCN1C. The molecule has 1 aliphatic rings. The van der Waals surface area contributed by atoms with Crippen LogP contribution in [0.2, 0.25) is 10.0 Å². The molecule has 1 aromatic carbocycles. The van der Waals surface area contributed by atoms with Crippen LogP contribution in [0.1, 0.15) is 15.9 Å². The summed E-state index contributed by atoms with van der Waals surface area (Å²) in [5.41, 5.74) is 1.99. The summed E-state index contributed by atoms with van der Waals surface area (Å²) in [6.45, 7) is 0.550. The number of amides is 1. The van der Waals surface area contributed by atoms with E-state index in [2.05, 4.69) is 5.32 Å². The molecule has 0 aliphatic carbocycles. The summed E-state index contributed by atoms with van der Waals surface area (Å²) in [6, 6.07) is 5.97. The Morgan fingerprint density at radius 2 is 2.07 bits per heavy atom. The summed E-state index contributed by atoms with van der Waals surface area (Å²) in [5.74, 6) is -0.343. The number of allylic oxidation sites excluding steroid dienone is 2. The molecule has 5 nitrogen and oxygen atoms in total. The van der Waals surface area contributed by atoms with Gasteiger partial charge in [-0.05, 0) is 23.8 Å². The summed E-state index contributed by atoms with van der Waals surface area (Å²) in [4.78, 5) is 14.9. The third kappa shape index (κ3) is 3.08. The highest BCUT2D eigenvalue weighted by Gasteiger charge is 2.29. The van der Waals surface area contributed by atoms with Crippen LogP contribution in [0.25, 0.3) is 16.7 Å². The van der Waals surface area contributed by atoms with Crippen LogP contribution in [-0.2, 0) is 4.74 Å². The predicted octanol–water partition coefficient (Wildman–Crippen LogP) is 5.39. The van der Waals surface area contributed by atoms with E-state index in [4.69, 9.17) is 32.4 Å². The molecule has 3 aromatic rings. The first-order valence-electron chi connectivity index (χ1n) is 8.37. The highest BCUT2D eigenvalue weighted by Crippen LogP contribution is 2.39. The van der Waals surface area contributed by atoms with E-state index in [9.17, 15) is 9.18 Å². The first-order valence-corrected chi connectivity index (χ1v) is 9.12. The number of hydrogen-bond acceptors (Lipinski definition) is 4. The molecule has 4 rings (SSSR count). The highest BCUT2D eigenvalue weighted by atomic mass is 35.5. The fraction of sp³-hybridized carbons (Fsp3) is 0.150. The van der Waals surface area contributed by atoms with E-state index >= 15 is 0 Å². The first-order chi connectivity index (χ1) is 13.4. The van der Waals surface area contributed by atoms with Crippen LogP contribution >= 0.6 is 23.2 Å². The van der Waals surface area contributed by atoms with Crippen molar-refractivity contribution in [1.82, 2.24) is 4.90 Å². The minimum atomic E-state index is -0.511. The van der Waals surface area contributed by atoms with Crippen molar-refractivity contribution in [3.63, 3.8) is 0 Å². The quantitative estimate of drug-likeness (QED) is 0.614. The average Bonchev–Trinajstić information content (AvgIpc) is 3.22. The molecule has 1 amide bonds. The van der Waals surface area contributed by atoms with Gasteiger partial charge >= 0.3 is 0 Å². The average molecular weight is 421 g/mol. The number of furan rings is 2. The molecule has 3 heterocycles. The lowest BCUT2D eigenvalue weighted by Gasteiger charge is -2.24.